The molecule has 0 spiro atoms. The predicted molar refractivity (Wildman–Crippen MR) is 98.1 cm³/mol. The van der Waals surface area contributed by atoms with Crippen molar-refractivity contribution in [3.63, 3.8) is 0 Å². The smallest absolute Gasteiger partial charge is 0.0417 e. The van der Waals surface area contributed by atoms with Gasteiger partial charge < -0.3 is 5.32 Å². The van der Waals surface area contributed by atoms with Crippen LogP contribution < -0.4 is 5.32 Å². The Morgan fingerprint density at radius 1 is 1.19 bits per heavy atom. The van der Waals surface area contributed by atoms with Gasteiger partial charge in [0.15, 0.2) is 0 Å². The van der Waals surface area contributed by atoms with Crippen LogP contribution in [0.25, 0.3) is 0 Å². The van der Waals surface area contributed by atoms with E-state index in [1.807, 2.05) is 12.1 Å². The highest BCUT2D eigenvalue weighted by molar-refractivity contribution is 9.10. The lowest BCUT2D eigenvalue weighted by atomic mass is 9.89. The molecule has 0 amide bonds. The first-order chi connectivity index (χ1) is 10.1. The van der Waals surface area contributed by atoms with Gasteiger partial charge in [0.05, 0.1) is 0 Å². The van der Waals surface area contributed by atoms with Crippen LogP contribution in [0.5, 0.6) is 0 Å². The van der Waals surface area contributed by atoms with Crippen LogP contribution in [0.1, 0.15) is 70.9 Å². The van der Waals surface area contributed by atoms with Crippen molar-refractivity contribution in [2.24, 2.45) is 5.92 Å². The van der Waals surface area contributed by atoms with Crippen molar-refractivity contribution in [3.8, 4) is 0 Å². The quantitative estimate of drug-likeness (QED) is 0.477. The summed E-state index contributed by atoms with van der Waals surface area (Å²) in [7, 11) is 0. The molecule has 1 N–H and O–H groups in total. The van der Waals surface area contributed by atoms with Crippen molar-refractivity contribution in [2.45, 2.75) is 65.3 Å². The van der Waals surface area contributed by atoms with Gasteiger partial charge in [-0.25, -0.2) is 0 Å². The molecule has 0 bridgehead atoms. The number of hydrogen-bond donors (Lipinski definition) is 1. The van der Waals surface area contributed by atoms with Crippen LogP contribution >= 0.6 is 27.5 Å². The zero-order chi connectivity index (χ0) is 15.7. The van der Waals surface area contributed by atoms with E-state index in [2.05, 4.69) is 48.1 Å². The Labute approximate surface area is 144 Å². The van der Waals surface area contributed by atoms with Crippen molar-refractivity contribution < 1.29 is 0 Å². The van der Waals surface area contributed by atoms with Crippen molar-refractivity contribution in [1.82, 2.24) is 5.32 Å². The molecule has 0 saturated heterocycles. The Balaban J connectivity index is 2.83. The van der Waals surface area contributed by atoms with E-state index in [9.17, 15) is 0 Å². The van der Waals surface area contributed by atoms with Gasteiger partial charge in [0.1, 0.15) is 0 Å². The fraction of sp³-hybridized carbons (Fsp3) is 0.667. The summed E-state index contributed by atoms with van der Waals surface area (Å²) < 4.78 is 1.12. The molecule has 1 aromatic carbocycles. The second kappa shape index (κ2) is 10.6. The number of nitrogens with one attached hydrogen (secondary N) is 1. The summed E-state index contributed by atoms with van der Waals surface area (Å²) in [5.41, 5.74) is 1.34. The second-order valence-corrected chi connectivity index (χ2v) is 7.12. The third kappa shape index (κ3) is 6.71. The molecule has 1 aromatic rings. The summed E-state index contributed by atoms with van der Waals surface area (Å²) >= 11 is 9.76. The molecule has 0 aromatic heterocycles. The predicted octanol–water partition coefficient (Wildman–Crippen LogP) is 6.75. The van der Waals surface area contributed by atoms with Crippen LogP contribution in [0, 0.1) is 5.92 Å². The van der Waals surface area contributed by atoms with E-state index < -0.39 is 0 Å². The summed E-state index contributed by atoms with van der Waals surface area (Å²) in [5, 5.41) is 4.50. The van der Waals surface area contributed by atoms with Gasteiger partial charge in [-0.15, -0.1) is 0 Å². The minimum atomic E-state index is 0.415. The van der Waals surface area contributed by atoms with Crippen LogP contribution in [-0.4, -0.2) is 6.54 Å². The van der Waals surface area contributed by atoms with Crippen LogP contribution in [0.4, 0.5) is 0 Å². The maximum absolute atomic E-state index is 6.08. The van der Waals surface area contributed by atoms with E-state index in [4.69, 9.17) is 11.6 Å². The summed E-state index contributed by atoms with van der Waals surface area (Å²) in [6.45, 7) is 7.86. The molecule has 0 aliphatic carbocycles. The third-order valence-electron chi connectivity index (χ3n) is 4.09. The Hall–Kier alpha value is -0.0500. The molecular formula is C18H29BrClN. The molecule has 1 rings (SSSR count). The summed E-state index contributed by atoms with van der Waals surface area (Å²) in [4.78, 5) is 0. The highest BCUT2D eigenvalue weighted by atomic mass is 79.9. The first-order valence-electron chi connectivity index (χ1n) is 8.30. The maximum atomic E-state index is 6.08. The molecule has 1 nitrogen and oxygen atoms in total. The Morgan fingerprint density at radius 2 is 1.95 bits per heavy atom. The van der Waals surface area contributed by atoms with Gasteiger partial charge in [0.2, 0.25) is 0 Å². The van der Waals surface area contributed by atoms with E-state index in [0.29, 0.717) is 6.04 Å². The normalized spacial score (nSPS) is 14.1. The van der Waals surface area contributed by atoms with Crippen LogP contribution in [-0.2, 0) is 0 Å². The molecule has 120 valence electrons. The summed E-state index contributed by atoms with van der Waals surface area (Å²) in [6.07, 6.45) is 7.58. The molecule has 0 saturated carbocycles. The lowest BCUT2D eigenvalue weighted by Gasteiger charge is -2.25. The SMILES string of the molecule is CCCCC(CC)CC(NCCC)c1ccc(Cl)cc1Br. The molecule has 0 aliphatic heterocycles. The molecule has 2 atom stereocenters. The first-order valence-corrected chi connectivity index (χ1v) is 9.47. The Kier molecular flexibility index (Phi) is 9.62. The monoisotopic (exact) mass is 373 g/mol. The van der Waals surface area contributed by atoms with Crippen molar-refractivity contribution in [2.75, 3.05) is 6.54 Å². The number of unbranched alkanes of at least 4 members (excludes halogenated alkanes) is 1. The van der Waals surface area contributed by atoms with Crippen LogP contribution in [0.2, 0.25) is 5.02 Å². The van der Waals surface area contributed by atoms with Crippen molar-refractivity contribution >= 4 is 27.5 Å². The standard InChI is InChI=1S/C18H29BrClN/c1-4-7-8-14(6-3)12-18(21-11-5-2)16-10-9-15(20)13-17(16)19/h9-10,13-14,18,21H,4-8,11-12H2,1-3H3. The van der Waals surface area contributed by atoms with E-state index in [-0.39, 0.29) is 0 Å². The Morgan fingerprint density at radius 3 is 2.52 bits per heavy atom. The van der Waals surface area contributed by atoms with Gasteiger partial charge in [0.25, 0.3) is 0 Å². The Bertz CT molecular complexity index is 408. The van der Waals surface area contributed by atoms with Crippen molar-refractivity contribution in [1.29, 1.82) is 0 Å². The number of hydrogen-bond acceptors (Lipinski definition) is 1. The highest BCUT2D eigenvalue weighted by Gasteiger charge is 2.18. The van der Waals surface area contributed by atoms with Gasteiger partial charge >= 0.3 is 0 Å². The summed E-state index contributed by atoms with van der Waals surface area (Å²) in [6, 6.07) is 6.57. The molecule has 21 heavy (non-hydrogen) atoms. The topological polar surface area (TPSA) is 12.0 Å². The molecule has 0 aliphatic rings. The fourth-order valence-corrected chi connectivity index (χ4v) is 3.70. The summed E-state index contributed by atoms with van der Waals surface area (Å²) in [5.74, 6) is 0.793. The van der Waals surface area contributed by atoms with Gasteiger partial charge in [-0.2, -0.15) is 0 Å². The lowest BCUT2D eigenvalue weighted by Crippen LogP contribution is -2.25. The number of halogens is 2. The third-order valence-corrected chi connectivity index (χ3v) is 5.01. The van der Waals surface area contributed by atoms with E-state index >= 15 is 0 Å². The number of benzene rings is 1. The molecule has 0 radical (unpaired) electrons. The first kappa shape index (κ1) is 19.0. The minimum absolute atomic E-state index is 0.415. The van der Waals surface area contributed by atoms with E-state index in [1.165, 1.54) is 37.7 Å². The fourth-order valence-electron chi connectivity index (χ4n) is 2.74. The highest BCUT2D eigenvalue weighted by Crippen LogP contribution is 2.32. The average Bonchev–Trinajstić information content (AvgIpc) is 2.47. The largest absolute Gasteiger partial charge is 0.310 e. The molecule has 0 heterocycles. The molecular weight excluding hydrogens is 346 g/mol. The average molecular weight is 375 g/mol. The van der Waals surface area contributed by atoms with E-state index in [1.54, 1.807) is 0 Å². The van der Waals surface area contributed by atoms with Gasteiger partial charge in [-0.1, -0.05) is 80.1 Å². The number of rotatable bonds is 10. The zero-order valence-corrected chi connectivity index (χ0v) is 15.9. The maximum Gasteiger partial charge on any atom is 0.0417 e. The van der Waals surface area contributed by atoms with Gasteiger partial charge in [0, 0.05) is 15.5 Å². The second-order valence-electron chi connectivity index (χ2n) is 5.82. The minimum Gasteiger partial charge on any atom is -0.310 e. The lowest BCUT2D eigenvalue weighted by molar-refractivity contribution is 0.353. The van der Waals surface area contributed by atoms with Crippen LogP contribution in [0.15, 0.2) is 22.7 Å². The van der Waals surface area contributed by atoms with Gasteiger partial charge in [-0.05, 0) is 43.0 Å². The molecule has 0 fully saturated rings. The van der Waals surface area contributed by atoms with Crippen molar-refractivity contribution in [3.05, 3.63) is 33.3 Å². The molecule has 2 unspecified atom stereocenters. The van der Waals surface area contributed by atoms with Gasteiger partial charge in [-0.3, -0.25) is 0 Å². The van der Waals surface area contributed by atoms with E-state index in [0.717, 1.165) is 28.4 Å². The zero-order valence-electron chi connectivity index (χ0n) is 13.6. The molecule has 3 heteroatoms. The van der Waals surface area contributed by atoms with Crippen LogP contribution in [0.3, 0.4) is 0 Å².